The summed E-state index contributed by atoms with van der Waals surface area (Å²) in [4.78, 5) is 12.6. The van der Waals surface area contributed by atoms with Crippen molar-refractivity contribution in [2.75, 3.05) is 20.3 Å². The SMILES string of the molecule is CCOC(=O)C1=C(COC)NC(C)=C(C#N)C1c1ccc(F)cc1C(F)(F)F. The quantitative estimate of drug-likeness (QED) is 0.604. The normalized spacial score (nSPS) is 17.3. The van der Waals surface area contributed by atoms with Crippen LogP contribution in [0.5, 0.6) is 0 Å². The first-order valence-electron chi connectivity index (χ1n) is 8.29. The van der Waals surface area contributed by atoms with Gasteiger partial charge in [0.2, 0.25) is 0 Å². The second-order valence-corrected chi connectivity index (χ2v) is 5.98. The summed E-state index contributed by atoms with van der Waals surface area (Å²) >= 11 is 0. The number of dihydropyridines is 1. The second-order valence-electron chi connectivity index (χ2n) is 5.98. The molecule has 1 heterocycles. The van der Waals surface area contributed by atoms with E-state index >= 15 is 0 Å². The average Bonchev–Trinajstić information content (AvgIpc) is 2.61. The highest BCUT2D eigenvalue weighted by Crippen LogP contribution is 2.44. The molecule has 0 aromatic heterocycles. The van der Waals surface area contributed by atoms with Crippen LogP contribution in [-0.4, -0.2) is 26.3 Å². The van der Waals surface area contributed by atoms with Crippen molar-refractivity contribution in [3.05, 3.63) is 57.7 Å². The smallest absolute Gasteiger partial charge is 0.416 e. The van der Waals surface area contributed by atoms with Gasteiger partial charge < -0.3 is 14.8 Å². The lowest BCUT2D eigenvalue weighted by atomic mass is 9.79. The van der Waals surface area contributed by atoms with Gasteiger partial charge >= 0.3 is 12.1 Å². The molecule has 0 saturated carbocycles. The topological polar surface area (TPSA) is 71.3 Å². The number of carbonyl (C=O) groups is 1. The Hall–Kier alpha value is -2.86. The largest absolute Gasteiger partial charge is 0.463 e. The Kier molecular flexibility index (Phi) is 6.46. The molecule has 1 atom stereocenters. The zero-order valence-electron chi connectivity index (χ0n) is 15.4. The van der Waals surface area contributed by atoms with Crippen LogP contribution >= 0.6 is 0 Å². The molecule has 1 unspecified atom stereocenters. The molecule has 28 heavy (non-hydrogen) atoms. The summed E-state index contributed by atoms with van der Waals surface area (Å²) in [6.07, 6.45) is -4.89. The number of nitriles is 1. The van der Waals surface area contributed by atoms with Gasteiger partial charge in [0, 0.05) is 12.8 Å². The summed E-state index contributed by atoms with van der Waals surface area (Å²) in [5, 5.41) is 12.4. The van der Waals surface area contributed by atoms with Crippen LogP contribution < -0.4 is 5.32 Å². The molecule has 0 radical (unpaired) electrons. The van der Waals surface area contributed by atoms with Gasteiger partial charge in [-0.05, 0) is 31.5 Å². The van der Waals surface area contributed by atoms with Gasteiger partial charge in [-0.1, -0.05) is 6.07 Å². The van der Waals surface area contributed by atoms with Crippen molar-refractivity contribution in [2.45, 2.75) is 25.9 Å². The third-order valence-electron chi connectivity index (χ3n) is 4.18. The summed E-state index contributed by atoms with van der Waals surface area (Å²) in [7, 11) is 1.35. The molecule has 1 N–H and O–H groups in total. The Morgan fingerprint density at radius 2 is 2.04 bits per heavy atom. The number of nitrogens with zero attached hydrogens (tertiary/aromatic N) is 1. The van der Waals surface area contributed by atoms with E-state index in [1.165, 1.54) is 14.0 Å². The van der Waals surface area contributed by atoms with Gasteiger partial charge in [-0.15, -0.1) is 0 Å². The fourth-order valence-electron chi connectivity index (χ4n) is 3.09. The van der Waals surface area contributed by atoms with Crippen LogP contribution in [-0.2, 0) is 20.4 Å². The van der Waals surface area contributed by atoms with E-state index in [0.717, 1.165) is 12.1 Å². The first-order valence-corrected chi connectivity index (χ1v) is 8.29. The van der Waals surface area contributed by atoms with Gasteiger partial charge in [0.1, 0.15) is 5.82 Å². The number of alkyl halides is 3. The number of rotatable bonds is 5. The lowest BCUT2D eigenvalue weighted by Gasteiger charge is -2.31. The van der Waals surface area contributed by atoms with Crippen molar-refractivity contribution in [2.24, 2.45) is 0 Å². The lowest BCUT2D eigenvalue weighted by Crippen LogP contribution is -2.32. The van der Waals surface area contributed by atoms with E-state index in [9.17, 15) is 27.6 Å². The predicted octanol–water partition coefficient (Wildman–Crippen LogP) is 3.79. The minimum absolute atomic E-state index is 0.0184. The molecule has 150 valence electrons. The van der Waals surface area contributed by atoms with E-state index in [-0.39, 0.29) is 35.8 Å². The lowest BCUT2D eigenvalue weighted by molar-refractivity contribution is -0.140. The highest BCUT2D eigenvalue weighted by Gasteiger charge is 2.42. The van der Waals surface area contributed by atoms with Crippen LogP contribution in [0.1, 0.15) is 30.9 Å². The molecule has 1 aliphatic rings. The van der Waals surface area contributed by atoms with E-state index in [1.54, 1.807) is 6.92 Å². The average molecular weight is 398 g/mol. The van der Waals surface area contributed by atoms with Crippen LogP contribution in [0.2, 0.25) is 0 Å². The van der Waals surface area contributed by atoms with Crippen LogP contribution in [0.15, 0.2) is 40.7 Å². The summed E-state index contributed by atoms with van der Waals surface area (Å²) < 4.78 is 64.4. The highest BCUT2D eigenvalue weighted by molar-refractivity contribution is 5.93. The first kappa shape index (κ1) is 21.4. The molecule has 0 amide bonds. The number of esters is 1. The van der Waals surface area contributed by atoms with Crippen LogP contribution in [0, 0.1) is 17.1 Å². The van der Waals surface area contributed by atoms with Crippen molar-refractivity contribution < 1.29 is 31.8 Å². The van der Waals surface area contributed by atoms with E-state index in [1.807, 2.05) is 6.07 Å². The van der Waals surface area contributed by atoms with Crippen molar-refractivity contribution in [3.8, 4) is 6.07 Å². The number of hydrogen-bond donors (Lipinski definition) is 1. The second kappa shape index (κ2) is 8.44. The minimum atomic E-state index is -4.89. The van der Waals surface area contributed by atoms with Crippen molar-refractivity contribution >= 4 is 5.97 Å². The van der Waals surface area contributed by atoms with Gasteiger partial charge in [-0.25, -0.2) is 9.18 Å². The number of nitrogens with one attached hydrogen (secondary N) is 1. The third-order valence-corrected chi connectivity index (χ3v) is 4.18. The monoisotopic (exact) mass is 398 g/mol. The van der Waals surface area contributed by atoms with Crippen molar-refractivity contribution in [1.82, 2.24) is 5.32 Å². The zero-order valence-corrected chi connectivity index (χ0v) is 15.4. The Morgan fingerprint density at radius 1 is 1.36 bits per heavy atom. The molecule has 0 saturated heterocycles. The van der Waals surface area contributed by atoms with Crippen molar-refractivity contribution in [3.63, 3.8) is 0 Å². The molecule has 0 bridgehead atoms. The molecular weight excluding hydrogens is 380 g/mol. The predicted molar refractivity (Wildman–Crippen MR) is 91.1 cm³/mol. The fourth-order valence-corrected chi connectivity index (χ4v) is 3.09. The zero-order chi connectivity index (χ0) is 21.1. The molecule has 1 aromatic carbocycles. The van der Waals surface area contributed by atoms with Crippen LogP contribution in [0.25, 0.3) is 0 Å². The number of ether oxygens (including phenoxy) is 2. The molecule has 9 heteroatoms. The van der Waals surface area contributed by atoms with Crippen LogP contribution in [0.4, 0.5) is 17.6 Å². The van der Waals surface area contributed by atoms with E-state index < -0.39 is 35.0 Å². The summed E-state index contributed by atoms with van der Waals surface area (Å²) in [6, 6.07) is 4.00. The third kappa shape index (κ3) is 4.17. The standard InChI is InChI=1S/C19H18F4N2O3/c1-4-28-18(26)17-15(9-27-3)25-10(2)13(8-24)16(17)12-6-5-11(20)7-14(12)19(21,22)23/h5-7,16,25H,4,9H2,1-3H3. The Bertz CT molecular complexity index is 882. The molecule has 1 aliphatic heterocycles. The van der Waals surface area contributed by atoms with E-state index in [2.05, 4.69) is 5.32 Å². The Labute approximate surface area is 159 Å². The number of hydrogen-bond acceptors (Lipinski definition) is 5. The van der Waals surface area contributed by atoms with Crippen LogP contribution in [0.3, 0.4) is 0 Å². The Morgan fingerprint density at radius 3 is 2.57 bits per heavy atom. The van der Waals surface area contributed by atoms with Gasteiger partial charge in [-0.2, -0.15) is 18.4 Å². The molecule has 0 aliphatic carbocycles. The van der Waals surface area contributed by atoms with Crippen molar-refractivity contribution in [1.29, 1.82) is 5.26 Å². The molecule has 2 rings (SSSR count). The first-order chi connectivity index (χ1) is 13.1. The van der Waals surface area contributed by atoms with Gasteiger partial charge in [-0.3, -0.25) is 0 Å². The molecular formula is C19H18F4N2O3. The summed E-state index contributed by atoms with van der Waals surface area (Å²) in [5.74, 6) is -3.35. The molecule has 0 spiro atoms. The number of benzene rings is 1. The van der Waals surface area contributed by atoms with E-state index in [0.29, 0.717) is 6.07 Å². The van der Waals surface area contributed by atoms with Gasteiger partial charge in [0.15, 0.2) is 0 Å². The maximum absolute atomic E-state index is 13.6. The summed E-state index contributed by atoms with van der Waals surface area (Å²) in [6.45, 7) is 2.91. The number of methoxy groups -OCH3 is 1. The number of carbonyl (C=O) groups excluding carboxylic acids is 1. The van der Waals surface area contributed by atoms with Gasteiger partial charge in [0.05, 0.1) is 47.6 Å². The minimum Gasteiger partial charge on any atom is -0.463 e. The highest BCUT2D eigenvalue weighted by atomic mass is 19.4. The maximum atomic E-state index is 13.6. The summed E-state index contributed by atoms with van der Waals surface area (Å²) in [5.41, 5.74) is -1.51. The molecule has 1 aromatic rings. The number of halogens is 4. The van der Waals surface area contributed by atoms with E-state index in [4.69, 9.17) is 9.47 Å². The number of allylic oxidation sites excluding steroid dienone is 2. The molecule has 5 nitrogen and oxygen atoms in total. The molecule has 0 fully saturated rings. The fraction of sp³-hybridized carbons (Fsp3) is 0.368. The van der Waals surface area contributed by atoms with Gasteiger partial charge in [0.25, 0.3) is 0 Å². The maximum Gasteiger partial charge on any atom is 0.416 e. The Balaban J connectivity index is 2.83.